The van der Waals surface area contributed by atoms with Gasteiger partial charge >= 0.3 is 5.97 Å². The van der Waals surface area contributed by atoms with Crippen molar-refractivity contribution in [1.82, 2.24) is 0 Å². The summed E-state index contributed by atoms with van der Waals surface area (Å²) in [6.07, 6.45) is 1.03. The number of Topliss-reactive ketones (excluding diaryl/α,β-unsaturated/α-hetero) is 1. The fourth-order valence-electron chi connectivity index (χ4n) is 0.660. The van der Waals surface area contributed by atoms with Crippen LogP contribution in [-0.4, -0.2) is 24.9 Å². The van der Waals surface area contributed by atoms with Crippen LogP contribution >= 0.6 is 0 Å². The molecule has 0 saturated carbocycles. The molecule has 0 bridgehead atoms. The summed E-state index contributed by atoms with van der Waals surface area (Å²) in [5.41, 5.74) is 5.23. The monoisotopic (exact) mass is 159 g/mol. The van der Waals surface area contributed by atoms with Crippen molar-refractivity contribution in [3.8, 4) is 0 Å². The number of ether oxygens (including phenoxy) is 1. The molecule has 0 aromatic carbocycles. The van der Waals surface area contributed by atoms with Gasteiger partial charge in [0.1, 0.15) is 0 Å². The number of methoxy groups -OCH3 is 1. The molecule has 11 heavy (non-hydrogen) atoms. The summed E-state index contributed by atoms with van der Waals surface area (Å²) >= 11 is 0. The van der Waals surface area contributed by atoms with Crippen LogP contribution in [0.15, 0.2) is 0 Å². The highest BCUT2D eigenvalue weighted by molar-refractivity contribution is 6.02. The Morgan fingerprint density at radius 3 is 2.45 bits per heavy atom. The Morgan fingerprint density at radius 1 is 1.55 bits per heavy atom. The molecular weight excluding hydrogens is 146 g/mol. The Labute approximate surface area is 65.7 Å². The number of ketones is 1. The summed E-state index contributed by atoms with van der Waals surface area (Å²) in [6.45, 7) is 1.85. The maximum Gasteiger partial charge on any atom is 0.330 e. The van der Waals surface area contributed by atoms with Crippen LogP contribution in [0.5, 0.6) is 0 Å². The van der Waals surface area contributed by atoms with E-state index in [1.807, 2.05) is 6.92 Å². The summed E-state index contributed by atoms with van der Waals surface area (Å²) in [5.74, 6) is -0.928. The lowest BCUT2D eigenvalue weighted by atomic mass is 10.1. The minimum absolute atomic E-state index is 0.264. The maximum absolute atomic E-state index is 10.9. The van der Waals surface area contributed by atoms with E-state index in [1.54, 1.807) is 0 Å². The van der Waals surface area contributed by atoms with Crippen molar-refractivity contribution in [1.29, 1.82) is 0 Å². The molecule has 0 aliphatic carbocycles. The van der Waals surface area contributed by atoms with Gasteiger partial charge in [-0.3, -0.25) is 4.79 Å². The van der Waals surface area contributed by atoms with Crippen LogP contribution in [0.2, 0.25) is 0 Å². The second-order valence-electron chi connectivity index (χ2n) is 2.22. The van der Waals surface area contributed by atoms with Crippen LogP contribution < -0.4 is 5.73 Å². The van der Waals surface area contributed by atoms with Gasteiger partial charge in [-0.05, 0) is 6.42 Å². The third-order valence-corrected chi connectivity index (χ3v) is 1.30. The normalized spacial score (nSPS) is 12.3. The lowest BCUT2D eigenvalue weighted by molar-refractivity contribution is -0.145. The average Bonchev–Trinajstić information content (AvgIpc) is 2.02. The second kappa shape index (κ2) is 4.85. The van der Waals surface area contributed by atoms with Crippen LogP contribution in [0, 0.1) is 0 Å². The molecule has 0 rings (SSSR count). The van der Waals surface area contributed by atoms with Gasteiger partial charge in [0.25, 0.3) is 0 Å². The van der Waals surface area contributed by atoms with Gasteiger partial charge in [-0.2, -0.15) is 0 Å². The predicted octanol–water partition coefficient (Wildman–Crippen LogP) is -0.144. The topological polar surface area (TPSA) is 69.4 Å². The molecule has 2 N–H and O–H groups in total. The van der Waals surface area contributed by atoms with E-state index in [1.165, 1.54) is 7.11 Å². The minimum atomic E-state index is -1.10. The van der Waals surface area contributed by atoms with Crippen LogP contribution in [0.25, 0.3) is 0 Å². The number of nitrogens with two attached hydrogens (primary N) is 1. The molecular formula is C7H13NO3. The number of hydrogen-bond acceptors (Lipinski definition) is 4. The van der Waals surface area contributed by atoms with Gasteiger partial charge in [0.15, 0.2) is 11.8 Å². The number of hydrogen-bond donors (Lipinski definition) is 1. The van der Waals surface area contributed by atoms with E-state index in [4.69, 9.17) is 5.73 Å². The zero-order valence-corrected chi connectivity index (χ0v) is 6.79. The van der Waals surface area contributed by atoms with E-state index < -0.39 is 12.0 Å². The first kappa shape index (κ1) is 10.1. The van der Waals surface area contributed by atoms with Gasteiger partial charge in [-0.1, -0.05) is 6.92 Å². The van der Waals surface area contributed by atoms with Crippen molar-refractivity contribution < 1.29 is 14.3 Å². The summed E-state index contributed by atoms with van der Waals surface area (Å²) in [7, 11) is 1.21. The Kier molecular flexibility index (Phi) is 4.45. The third kappa shape index (κ3) is 3.13. The number of esters is 1. The quantitative estimate of drug-likeness (QED) is 0.457. The van der Waals surface area contributed by atoms with Crippen LogP contribution in [0.4, 0.5) is 0 Å². The molecule has 4 nitrogen and oxygen atoms in total. The highest BCUT2D eigenvalue weighted by atomic mass is 16.5. The third-order valence-electron chi connectivity index (χ3n) is 1.30. The number of carbonyl (C=O) groups is 2. The van der Waals surface area contributed by atoms with Gasteiger partial charge in [0, 0.05) is 6.42 Å². The number of rotatable bonds is 4. The lowest BCUT2D eigenvalue weighted by Gasteiger charge is -2.05. The predicted molar refractivity (Wildman–Crippen MR) is 39.9 cm³/mol. The van der Waals surface area contributed by atoms with E-state index in [0.29, 0.717) is 12.8 Å². The molecule has 0 radical (unpaired) electrons. The average molecular weight is 159 g/mol. The maximum atomic E-state index is 10.9. The van der Waals surface area contributed by atoms with E-state index in [2.05, 4.69) is 4.74 Å². The first-order valence-electron chi connectivity index (χ1n) is 3.49. The molecule has 1 unspecified atom stereocenters. The van der Waals surface area contributed by atoms with Crippen LogP contribution in [0.3, 0.4) is 0 Å². The highest BCUT2D eigenvalue weighted by Crippen LogP contribution is 1.94. The number of carbonyl (C=O) groups excluding carboxylic acids is 2. The molecule has 0 aliphatic rings. The Balaban J connectivity index is 3.91. The molecule has 0 aromatic rings. The standard InChI is InChI=1S/C7H13NO3/c1-3-4-5(9)6(8)7(10)11-2/h6H,3-4,8H2,1-2H3. The largest absolute Gasteiger partial charge is 0.468 e. The van der Waals surface area contributed by atoms with Crippen LogP contribution in [0.1, 0.15) is 19.8 Å². The van der Waals surface area contributed by atoms with Crippen molar-refractivity contribution >= 4 is 11.8 Å². The zero-order valence-electron chi connectivity index (χ0n) is 6.79. The van der Waals surface area contributed by atoms with Crippen molar-refractivity contribution in [2.24, 2.45) is 5.73 Å². The van der Waals surface area contributed by atoms with Crippen molar-refractivity contribution in [2.45, 2.75) is 25.8 Å². The minimum Gasteiger partial charge on any atom is -0.468 e. The molecule has 0 saturated heterocycles. The Hall–Kier alpha value is -0.900. The van der Waals surface area contributed by atoms with E-state index in [-0.39, 0.29) is 5.78 Å². The zero-order chi connectivity index (χ0) is 8.85. The second-order valence-corrected chi connectivity index (χ2v) is 2.22. The molecule has 0 fully saturated rings. The molecule has 0 amide bonds. The fourth-order valence-corrected chi connectivity index (χ4v) is 0.660. The SMILES string of the molecule is CCCC(=O)C(N)C(=O)OC. The van der Waals surface area contributed by atoms with Crippen molar-refractivity contribution in [3.63, 3.8) is 0 Å². The Bertz CT molecular complexity index is 156. The Morgan fingerprint density at radius 2 is 2.09 bits per heavy atom. The van der Waals surface area contributed by atoms with E-state index in [0.717, 1.165) is 0 Å². The van der Waals surface area contributed by atoms with E-state index in [9.17, 15) is 9.59 Å². The fraction of sp³-hybridized carbons (Fsp3) is 0.714. The first-order valence-corrected chi connectivity index (χ1v) is 3.49. The molecule has 0 spiro atoms. The lowest BCUT2D eigenvalue weighted by Crippen LogP contribution is -2.39. The highest BCUT2D eigenvalue weighted by Gasteiger charge is 2.20. The molecule has 0 heterocycles. The summed E-state index contributed by atoms with van der Waals surface area (Å²) < 4.78 is 4.29. The van der Waals surface area contributed by atoms with Crippen molar-refractivity contribution in [2.75, 3.05) is 7.11 Å². The van der Waals surface area contributed by atoms with Gasteiger partial charge < -0.3 is 10.5 Å². The summed E-state index contributed by atoms with van der Waals surface area (Å²) in [4.78, 5) is 21.6. The van der Waals surface area contributed by atoms with Gasteiger partial charge in [0.05, 0.1) is 7.11 Å². The van der Waals surface area contributed by atoms with Crippen LogP contribution in [-0.2, 0) is 14.3 Å². The molecule has 4 heteroatoms. The summed E-state index contributed by atoms with van der Waals surface area (Å²) in [6, 6.07) is -1.10. The smallest absolute Gasteiger partial charge is 0.330 e. The molecule has 0 aromatic heterocycles. The van der Waals surface area contributed by atoms with E-state index >= 15 is 0 Å². The van der Waals surface area contributed by atoms with Gasteiger partial charge in [-0.25, -0.2) is 4.79 Å². The summed E-state index contributed by atoms with van der Waals surface area (Å²) in [5, 5.41) is 0. The molecule has 0 aliphatic heterocycles. The first-order chi connectivity index (χ1) is 5.13. The molecule has 64 valence electrons. The van der Waals surface area contributed by atoms with Gasteiger partial charge in [0.2, 0.25) is 0 Å². The molecule has 1 atom stereocenters. The van der Waals surface area contributed by atoms with Crippen molar-refractivity contribution in [3.05, 3.63) is 0 Å². The van der Waals surface area contributed by atoms with Gasteiger partial charge in [-0.15, -0.1) is 0 Å².